The van der Waals surface area contributed by atoms with Crippen molar-refractivity contribution in [1.29, 1.82) is 0 Å². The predicted molar refractivity (Wildman–Crippen MR) is 121 cm³/mol. The molecule has 0 aliphatic rings. The molecule has 29 heavy (non-hydrogen) atoms. The van der Waals surface area contributed by atoms with Crippen molar-refractivity contribution < 1.29 is 4.43 Å². The first-order valence-corrected chi connectivity index (χ1v) is 13.2. The van der Waals surface area contributed by atoms with Crippen LogP contribution in [0.1, 0.15) is 45.7 Å². The Morgan fingerprint density at radius 3 is 2.45 bits per heavy atom. The summed E-state index contributed by atoms with van der Waals surface area (Å²) in [6, 6.07) is 10.7. The van der Waals surface area contributed by atoms with Gasteiger partial charge in [-0.25, -0.2) is 15.0 Å². The number of rotatable bonds is 7. The van der Waals surface area contributed by atoms with E-state index in [1.807, 2.05) is 6.33 Å². The summed E-state index contributed by atoms with van der Waals surface area (Å²) < 4.78 is 8.98. The highest BCUT2D eigenvalue weighted by Gasteiger charge is 2.40. The van der Waals surface area contributed by atoms with Gasteiger partial charge in [0.05, 0.1) is 18.5 Å². The Hall–Kier alpha value is -2.25. The minimum atomic E-state index is -1.95. The summed E-state index contributed by atoms with van der Waals surface area (Å²) in [7, 11) is -1.95. The van der Waals surface area contributed by atoms with Gasteiger partial charge in [0, 0.05) is 0 Å². The highest BCUT2D eigenvalue weighted by molar-refractivity contribution is 6.74. The molecule has 0 saturated heterocycles. The van der Waals surface area contributed by atoms with E-state index in [2.05, 4.69) is 90.6 Å². The Bertz CT molecular complexity index is 949. The molecule has 3 rings (SSSR count). The number of nitrogens with two attached hydrogens (primary N) is 1. The van der Waals surface area contributed by atoms with E-state index in [4.69, 9.17) is 10.2 Å². The monoisotopic (exact) mass is 411 g/mol. The molecule has 0 aliphatic carbocycles. The molecule has 0 bridgehead atoms. The number of fused-ring (bicyclic) bond motifs is 1. The van der Waals surface area contributed by atoms with Crippen molar-refractivity contribution in [2.24, 2.45) is 0 Å². The number of nitrogens with zero attached hydrogens (tertiary/aromatic N) is 4. The van der Waals surface area contributed by atoms with Crippen LogP contribution in [0.5, 0.6) is 0 Å². The summed E-state index contributed by atoms with van der Waals surface area (Å²) in [4.78, 5) is 12.9. The third-order valence-corrected chi connectivity index (χ3v) is 10.7. The van der Waals surface area contributed by atoms with Gasteiger partial charge < -0.3 is 14.7 Å². The van der Waals surface area contributed by atoms with E-state index >= 15 is 0 Å². The molecular formula is C22H33N5OSi. The van der Waals surface area contributed by atoms with Crippen LogP contribution in [0.2, 0.25) is 18.1 Å². The third-order valence-electron chi connectivity index (χ3n) is 6.18. The molecule has 0 spiro atoms. The number of aryl methyl sites for hydroxylation is 1. The van der Waals surface area contributed by atoms with Gasteiger partial charge in [0.1, 0.15) is 11.8 Å². The van der Waals surface area contributed by atoms with E-state index in [1.54, 1.807) is 0 Å². The van der Waals surface area contributed by atoms with Crippen molar-refractivity contribution in [3.05, 3.63) is 48.5 Å². The first-order valence-electron chi connectivity index (χ1n) is 10.2. The lowest BCUT2D eigenvalue weighted by atomic mass is 10.0. The zero-order chi connectivity index (χ0) is 21.2. The molecule has 2 aromatic heterocycles. The first kappa shape index (κ1) is 21.5. The van der Waals surface area contributed by atoms with Crippen molar-refractivity contribution in [3.8, 4) is 0 Å². The predicted octanol–water partition coefficient (Wildman–Crippen LogP) is 4.99. The summed E-state index contributed by atoms with van der Waals surface area (Å²) >= 11 is 0. The second-order valence-corrected chi connectivity index (χ2v) is 14.0. The molecule has 0 amide bonds. The van der Waals surface area contributed by atoms with Crippen LogP contribution in [0.15, 0.2) is 43.0 Å². The molecular weight excluding hydrogens is 378 g/mol. The quantitative estimate of drug-likeness (QED) is 0.554. The van der Waals surface area contributed by atoms with Crippen molar-refractivity contribution in [2.75, 3.05) is 5.73 Å². The molecule has 0 aliphatic heterocycles. The van der Waals surface area contributed by atoms with Crippen molar-refractivity contribution in [2.45, 2.75) is 70.8 Å². The number of aromatic nitrogens is 4. The first-order chi connectivity index (χ1) is 13.6. The van der Waals surface area contributed by atoms with Crippen LogP contribution in [0.4, 0.5) is 5.82 Å². The molecule has 2 N–H and O–H groups in total. The molecule has 0 saturated carbocycles. The Morgan fingerprint density at radius 1 is 1.10 bits per heavy atom. The van der Waals surface area contributed by atoms with Crippen LogP contribution in [-0.2, 0) is 10.8 Å². The summed E-state index contributed by atoms with van der Waals surface area (Å²) in [6.45, 7) is 13.6. The normalized spacial score (nSPS) is 14.8. The van der Waals surface area contributed by atoms with E-state index in [0.717, 1.165) is 18.5 Å². The van der Waals surface area contributed by atoms with E-state index in [9.17, 15) is 0 Å². The van der Waals surface area contributed by atoms with E-state index in [0.29, 0.717) is 11.3 Å². The van der Waals surface area contributed by atoms with Crippen molar-refractivity contribution >= 4 is 25.3 Å². The number of hydrogen-bond acceptors (Lipinski definition) is 5. The number of imidazole rings is 1. The van der Waals surface area contributed by atoms with E-state index in [-0.39, 0.29) is 17.2 Å². The van der Waals surface area contributed by atoms with Gasteiger partial charge >= 0.3 is 0 Å². The SMILES string of the molecule is C[C@H]([C@H](CCc1ccccc1)O[Si](C)(C)C(C)(C)C)n1cnc2c(N)ncnc21. The molecule has 0 unspecified atom stereocenters. The smallest absolute Gasteiger partial charge is 0.192 e. The van der Waals surface area contributed by atoms with Gasteiger partial charge in [0.15, 0.2) is 19.8 Å². The topological polar surface area (TPSA) is 78.9 Å². The zero-order valence-electron chi connectivity index (χ0n) is 18.4. The average Bonchev–Trinajstić information content (AvgIpc) is 3.10. The third kappa shape index (κ3) is 4.67. The number of hydrogen-bond donors (Lipinski definition) is 1. The standard InChI is InChI=1S/C22H33N5OSi/c1-16(27-15-26-19-20(23)24-14-25-21(19)27)18(28-29(5,6)22(2,3)4)13-12-17-10-8-7-9-11-17/h7-11,14-16,18H,12-13H2,1-6H3,(H2,23,24,25)/t16-,18+/m1/s1. The highest BCUT2D eigenvalue weighted by atomic mass is 28.4. The Balaban J connectivity index is 1.91. The lowest BCUT2D eigenvalue weighted by Crippen LogP contribution is -2.46. The average molecular weight is 412 g/mol. The Kier molecular flexibility index (Phi) is 6.10. The number of nitrogen functional groups attached to an aromatic ring is 1. The van der Waals surface area contributed by atoms with Crippen molar-refractivity contribution in [3.63, 3.8) is 0 Å². The van der Waals surface area contributed by atoms with E-state index in [1.165, 1.54) is 11.9 Å². The van der Waals surface area contributed by atoms with Gasteiger partial charge in [-0.1, -0.05) is 51.1 Å². The van der Waals surface area contributed by atoms with Crippen LogP contribution in [-0.4, -0.2) is 33.9 Å². The van der Waals surface area contributed by atoms with Gasteiger partial charge in [0.2, 0.25) is 0 Å². The maximum absolute atomic E-state index is 6.90. The second-order valence-electron chi connectivity index (χ2n) is 9.26. The summed E-state index contributed by atoms with van der Waals surface area (Å²) in [5.41, 5.74) is 8.72. The number of benzene rings is 1. The fourth-order valence-corrected chi connectivity index (χ4v) is 4.68. The maximum atomic E-state index is 6.90. The molecule has 6 nitrogen and oxygen atoms in total. The minimum Gasteiger partial charge on any atom is -0.412 e. The largest absolute Gasteiger partial charge is 0.412 e. The molecule has 156 valence electrons. The lowest BCUT2D eigenvalue weighted by Gasteiger charge is -2.41. The van der Waals surface area contributed by atoms with Gasteiger partial charge in [-0.3, -0.25) is 0 Å². The van der Waals surface area contributed by atoms with E-state index < -0.39 is 8.32 Å². The maximum Gasteiger partial charge on any atom is 0.192 e. The van der Waals surface area contributed by atoms with Crippen LogP contribution < -0.4 is 5.73 Å². The van der Waals surface area contributed by atoms with Crippen LogP contribution >= 0.6 is 0 Å². The molecule has 0 fully saturated rings. The Labute approximate surface area is 174 Å². The fraction of sp³-hybridized carbons (Fsp3) is 0.500. The molecule has 3 aromatic rings. The molecule has 7 heteroatoms. The molecule has 1 aromatic carbocycles. The summed E-state index contributed by atoms with van der Waals surface area (Å²) in [6.07, 6.45) is 5.25. The van der Waals surface area contributed by atoms with Crippen LogP contribution in [0.3, 0.4) is 0 Å². The van der Waals surface area contributed by atoms with Crippen LogP contribution in [0, 0.1) is 0 Å². The number of anilines is 1. The summed E-state index contributed by atoms with van der Waals surface area (Å²) in [5, 5.41) is 0.140. The fourth-order valence-electron chi connectivity index (χ4n) is 3.25. The molecule has 2 heterocycles. The zero-order valence-corrected chi connectivity index (χ0v) is 19.4. The van der Waals surface area contributed by atoms with Gasteiger partial charge in [0.25, 0.3) is 0 Å². The summed E-state index contributed by atoms with van der Waals surface area (Å²) in [5.74, 6) is 0.409. The lowest BCUT2D eigenvalue weighted by molar-refractivity contribution is 0.122. The van der Waals surface area contributed by atoms with Gasteiger partial charge in [-0.15, -0.1) is 0 Å². The van der Waals surface area contributed by atoms with Crippen molar-refractivity contribution in [1.82, 2.24) is 19.5 Å². The second kappa shape index (κ2) is 8.24. The van der Waals surface area contributed by atoms with Gasteiger partial charge in [-0.05, 0) is 43.5 Å². The minimum absolute atomic E-state index is 0.0460. The Morgan fingerprint density at radius 2 is 1.79 bits per heavy atom. The van der Waals surface area contributed by atoms with Gasteiger partial charge in [-0.2, -0.15) is 0 Å². The molecule has 0 radical (unpaired) electrons. The highest BCUT2D eigenvalue weighted by Crippen LogP contribution is 2.39. The van der Waals surface area contributed by atoms with Crippen LogP contribution in [0.25, 0.3) is 11.2 Å². The molecule has 2 atom stereocenters.